The number of nitrogens with zero attached hydrogens (tertiary/aromatic N) is 1. The van der Waals surface area contributed by atoms with Crippen LogP contribution in [0.15, 0.2) is 0 Å². The van der Waals surface area contributed by atoms with Gasteiger partial charge < -0.3 is 4.74 Å². The number of piperidine rings is 1. The van der Waals surface area contributed by atoms with Crippen LogP contribution < -0.4 is 0 Å². The third kappa shape index (κ3) is 7.65. The van der Waals surface area contributed by atoms with Crippen LogP contribution >= 0.6 is 11.8 Å². The fourth-order valence-electron chi connectivity index (χ4n) is 2.31. The summed E-state index contributed by atoms with van der Waals surface area (Å²) in [6.07, 6.45) is 9.68. The molecule has 1 unspecified atom stereocenters. The van der Waals surface area contributed by atoms with Crippen LogP contribution in [0.2, 0.25) is 0 Å². The van der Waals surface area contributed by atoms with Crippen molar-refractivity contribution in [1.82, 2.24) is 4.90 Å². The number of likely N-dealkylation sites (tertiary alicyclic amines) is 1. The minimum atomic E-state index is 0.475. The molecule has 0 aromatic carbocycles. The molecule has 0 aromatic heterocycles. The third-order valence-corrected chi connectivity index (χ3v) is 4.78. The Morgan fingerprint density at radius 3 is 2.56 bits per heavy atom. The average molecular weight is 273 g/mol. The third-order valence-electron chi connectivity index (χ3n) is 3.47. The zero-order valence-corrected chi connectivity index (χ0v) is 13.1. The van der Waals surface area contributed by atoms with E-state index in [4.69, 9.17) is 4.74 Å². The monoisotopic (exact) mass is 273 g/mol. The van der Waals surface area contributed by atoms with Gasteiger partial charge in [-0.05, 0) is 31.4 Å². The predicted molar refractivity (Wildman–Crippen MR) is 82.3 cm³/mol. The molecule has 0 aliphatic carbocycles. The largest absolute Gasteiger partial charge is 0.362 e. The molecule has 1 fully saturated rings. The van der Waals surface area contributed by atoms with E-state index in [-0.39, 0.29) is 0 Å². The SMILES string of the molecule is CCCCC(CSCCC)OCN1CCCCC1. The Morgan fingerprint density at radius 2 is 1.89 bits per heavy atom. The van der Waals surface area contributed by atoms with Crippen molar-refractivity contribution in [2.24, 2.45) is 0 Å². The van der Waals surface area contributed by atoms with Crippen LogP contribution in [-0.2, 0) is 4.74 Å². The van der Waals surface area contributed by atoms with Gasteiger partial charge >= 0.3 is 0 Å². The standard InChI is InChI=1S/C15H31NOS/c1-3-5-9-15(13-18-12-4-2)17-14-16-10-7-6-8-11-16/h15H,3-14H2,1-2H3. The number of thioether (sulfide) groups is 1. The molecule has 0 saturated carbocycles. The smallest absolute Gasteiger partial charge is 0.0994 e. The van der Waals surface area contributed by atoms with Gasteiger partial charge in [0.25, 0.3) is 0 Å². The Hall–Kier alpha value is 0.270. The van der Waals surface area contributed by atoms with Gasteiger partial charge in [-0.3, -0.25) is 4.90 Å². The molecule has 1 rings (SSSR count). The Kier molecular flexibility index (Phi) is 10.1. The van der Waals surface area contributed by atoms with Gasteiger partial charge in [0.15, 0.2) is 0 Å². The molecule has 1 atom stereocenters. The molecule has 2 nitrogen and oxygen atoms in total. The van der Waals surface area contributed by atoms with Gasteiger partial charge in [0.2, 0.25) is 0 Å². The van der Waals surface area contributed by atoms with E-state index in [2.05, 4.69) is 30.5 Å². The van der Waals surface area contributed by atoms with Crippen molar-refractivity contribution in [3.63, 3.8) is 0 Å². The number of unbranched alkanes of at least 4 members (excludes halogenated alkanes) is 1. The van der Waals surface area contributed by atoms with E-state index in [9.17, 15) is 0 Å². The highest BCUT2D eigenvalue weighted by molar-refractivity contribution is 7.99. The molecule has 108 valence electrons. The summed E-state index contributed by atoms with van der Waals surface area (Å²) < 4.78 is 6.14. The van der Waals surface area contributed by atoms with Gasteiger partial charge in [-0.15, -0.1) is 0 Å². The van der Waals surface area contributed by atoms with Gasteiger partial charge in [-0.2, -0.15) is 11.8 Å². The lowest BCUT2D eigenvalue weighted by Gasteiger charge is -2.28. The molecule has 1 heterocycles. The molecule has 0 radical (unpaired) electrons. The van der Waals surface area contributed by atoms with Crippen LogP contribution in [0.4, 0.5) is 0 Å². The second kappa shape index (κ2) is 11.1. The molecular weight excluding hydrogens is 242 g/mol. The van der Waals surface area contributed by atoms with Gasteiger partial charge in [-0.25, -0.2) is 0 Å². The summed E-state index contributed by atoms with van der Waals surface area (Å²) in [6.45, 7) is 7.86. The van der Waals surface area contributed by atoms with E-state index >= 15 is 0 Å². The molecular formula is C15H31NOS. The second-order valence-corrected chi connectivity index (χ2v) is 6.46. The Morgan fingerprint density at radius 1 is 1.11 bits per heavy atom. The Labute approximate surface area is 118 Å². The number of hydrogen-bond acceptors (Lipinski definition) is 3. The van der Waals surface area contributed by atoms with E-state index in [1.807, 2.05) is 0 Å². The van der Waals surface area contributed by atoms with Gasteiger partial charge in [0.1, 0.15) is 0 Å². The summed E-state index contributed by atoms with van der Waals surface area (Å²) in [5.41, 5.74) is 0. The second-order valence-electron chi connectivity index (χ2n) is 5.31. The first-order valence-electron chi connectivity index (χ1n) is 7.78. The van der Waals surface area contributed by atoms with Gasteiger partial charge in [0, 0.05) is 18.8 Å². The lowest BCUT2D eigenvalue weighted by molar-refractivity contribution is -0.0228. The van der Waals surface area contributed by atoms with Crippen LogP contribution in [0.25, 0.3) is 0 Å². The summed E-state index contributed by atoms with van der Waals surface area (Å²) in [4.78, 5) is 2.48. The zero-order chi connectivity index (χ0) is 13.1. The van der Waals surface area contributed by atoms with Gasteiger partial charge in [0.05, 0.1) is 12.8 Å². The molecule has 1 aliphatic rings. The predicted octanol–water partition coefficient (Wildman–Crippen LogP) is 4.15. The first kappa shape index (κ1) is 16.3. The minimum Gasteiger partial charge on any atom is -0.362 e. The first-order valence-corrected chi connectivity index (χ1v) is 8.94. The maximum atomic E-state index is 6.14. The van der Waals surface area contributed by atoms with Crippen LogP contribution in [-0.4, -0.2) is 42.3 Å². The van der Waals surface area contributed by atoms with Crippen molar-refractivity contribution >= 4 is 11.8 Å². The molecule has 0 bridgehead atoms. The molecule has 0 N–H and O–H groups in total. The highest BCUT2D eigenvalue weighted by Crippen LogP contribution is 2.15. The molecule has 0 aromatic rings. The number of rotatable bonds is 10. The fourth-order valence-corrected chi connectivity index (χ4v) is 3.29. The molecule has 0 amide bonds. The molecule has 18 heavy (non-hydrogen) atoms. The first-order chi connectivity index (χ1) is 8.86. The number of hydrogen-bond donors (Lipinski definition) is 0. The van der Waals surface area contributed by atoms with Crippen molar-refractivity contribution in [2.45, 2.75) is 64.9 Å². The van der Waals surface area contributed by atoms with Crippen LogP contribution in [0.3, 0.4) is 0 Å². The normalized spacial score (nSPS) is 19.0. The maximum absolute atomic E-state index is 6.14. The van der Waals surface area contributed by atoms with E-state index in [1.54, 1.807) is 0 Å². The lowest BCUT2D eigenvalue weighted by atomic mass is 10.1. The van der Waals surface area contributed by atoms with Crippen LogP contribution in [0, 0.1) is 0 Å². The summed E-state index contributed by atoms with van der Waals surface area (Å²) in [5.74, 6) is 2.46. The average Bonchev–Trinajstić information content (AvgIpc) is 2.42. The van der Waals surface area contributed by atoms with E-state index in [0.717, 1.165) is 6.73 Å². The topological polar surface area (TPSA) is 12.5 Å². The van der Waals surface area contributed by atoms with Crippen molar-refractivity contribution in [3.05, 3.63) is 0 Å². The van der Waals surface area contributed by atoms with E-state index < -0.39 is 0 Å². The minimum absolute atomic E-state index is 0.475. The molecule has 0 spiro atoms. The Bertz CT molecular complexity index is 183. The van der Waals surface area contributed by atoms with Crippen molar-refractivity contribution < 1.29 is 4.74 Å². The van der Waals surface area contributed by atoms with Crippen LogP contribution in [0.5, 0.6) is 0 Å². The quantitative estimate of drug-likeness (QED) is 0.555. The van der Waals surface area contributed by atoms with Crippen LogP contribution in [0.1, 0.15) is 58.8 Å². The molecule has 1 saturated heterocycles. The molecule has 3 heteroatoms. The van der Waals surface area contributed by atoms with Crippen molar-refractivity contribution in [3.8, 4) is 0 Å². The highest BCUT2D eigenvalue weighted by atomic mass is 32.2. The summed E-state index contributed by atoms with van der Waals surface area (Å²) >= 11 is 2.05. The van der Waals surface area contributed by atoms with Gasteiger partial charge in [-0.1, -0.05) is 33.1 Å². The van der Waals surface area contributed by atoms with Crippen molar-refractivity contribution in [1.29, 1.82) is 0 Å². The van der Waals surface area contributed by atoms with E-state index in [1.165, 1.54) is 69.5 Å². The summed E-state index contributed by atoms with van der Waals surface area (Å²) in [6, 6.07) is 0. The zero-order valence-electron chi connectivity index (χ0n) is 12.3. The fraction of sp³-hybridized carbons (Fsp3) is 1.00. The molecule has 1 aliphatic heterocycles. The summed E-state index contributed by atoms with van der Waals surface area (Å²) in [5, 5.41) is 0. The number of ether oxygens (including phenoxy) is 1. The maximum Gasteiger partial charge on any atom is 0.0994 e. The lowest BCUT2D eigenvalue weighted by Crippen LogP contribution is -2.34. The Balaban J connectivity index is 2.16. The highest BCUT2D eigenvalue weighted by Gasteiger charge is 2.13. The summed E-state index contributed by atoms with van der Waals surface area (Å²) in [7, 11) is 0. The van der Waals surface area contributed by atoms with E-state index in [0.29, 0.717) is 6.10 Å². The van der Waals surface area contributed by atoms with Crippen molar-refractivity contribution in [2.75, 3.05) is 31.3 Å².